The third-order valence-corrected chi connectivity index (χ3v) is 2.94. The number of aromatic nitrogens is 1. The zero-order valence-electron chi connectivity index (χ0n) is 8.06. The number of methoxy groups -OCH3 is 1. The minimum absolute atomic E-state index is 0.0913. The molecule has 0 unspecified atom stereocenters. The van der Waals surface area contributed by atoms with Crippen LogP contribution in [0.1, 0.15) is 5.69 Å². The van der Waals surface area contributed by atoms with Crippen LogP contribution in [0.15, 0.2) is 18.2 Å². The summed E-state index contributed by atoms with van der Waals surface area (Å²) in [5, 5.41) is 10.3. The summed E-state index contributed by atoms with van der Waals surface area (Å²) in [4.78, 5) is 11.1. The molecule has 4 nitrogen and oxygen atoms in total. The number of fused-ring (bicyclic) bond motifs is 1. The number of aromatic hydroxyl groups is 1. The molecule has 2 aromatic rings. The zero-order chi connectivity index (χ0) is 10.8. The van der Waals surface area contributed by atoms with E-state index in [-0.39, 0.29) is 18.1 Å². The van der Waals surface area contributed by atoms with Crippen molar-refractivity contribution >= 4 is 27.6 Å². The summed E-state index contributed by atoms with van der Waals surface area (Å²) in [5.41, 5.74) is 0.569. The summed E-state index contributed by atoms with van der Waals surface area (Å²) in [5.74, 6) is -0.203. The van der Waals surface area contributed by atoms with Crippen molar-refractivity contribution in [2.24, 2.45) is 0 Å². The number of rotatable bonds is 2. The first kappa shape index (κ1) is 9.92. The Kier molecular flexibility index (Phi) is 2.55. The summed E-state index contributed by atoms with van der Waals surface area (Å²) in [6.07, 6.45) is 0.0913. The van der Waals surface area contributed by atoms with Gasteiger partial charge >= 0.3 is 5.97 Å². The number of phenols is 1. The number of nitrogens with zero attached hydrogens (tertiary/aromatic N) is 1. The van der Waals surface area contributed by atoms with E-state index in [1.54, 1.807) is 12.1 Å². The van der Waals surface area contributed by atoms with Crippen LogP contribution in [0.3, 0.4) is 0 Å². The zero-order valence-corrected chi connectivity index (χ0v) is 8.87. The predicted octanol–water partition coefficient (Wildman–Crippen LogP) is 1.72. The van der Waals surface area contributed by atoms with Crippen molar-refractivity contribution in [1.82, 2.24) is 4.37 Å². The van der Waals surface area contributed by atoms with Gasteiger partial charge in [0.25, 0.3) is 0 Å². The maximum atomic E-state index is 11.1. The molecule has 0 aliphatic carbocycles. The van der Waals surface area contributed by atoms with Crippen molar-refractivity contribution in [1.29, 1.82) is 0 Å². The quantitative estimate of drug-likeness (QED) is 0.787. The van der Waals surface area contributed by atoms with Gasteiger partial charge in [0, 0.05) is 0 Å². The first-order valence-electron chi connectivity index (χ1n) is 4.35. The first-order valence-corrected chi connectivity index (χ1v) is 5.12. The molecular weight excluding hydrogens is 214 g/mol. The highest BCUT2D eigenvalue weighted by molar-refractivity contribution is 7.13. The lowest BCUT2D eigenvalue weighted by atomic mass is 10.1. The van der Waals surface area contributed by atoms with Gasteiger partial charge in [0.15, 0.2) is 0 Å². The highest BCUT2D eigenvalue weighted by Gasteiger charge is 2.13. The molecule has 0 spiro atoms. The largest absolute Gasteiger partial charge is 0.507 e. The molecule has 5 heteroatoms. The van der Waals surface area contributed by atoms with Crippen LogP contribution in [-0.4, -0.2) is 22.6 Å². The minimum atomic E-state index is -0.356. The SMILES string of the molecule is COC(=O)Cc1nsc2cccc(O)c12. The minimum Gasteiger partial charge on any atom is -0.507 e. The molecule has 0 atom stereocenters. The number of ether oxygens (including phenoxy) is 1. The third kappa shape index (κ3) is 1.78. The second kappa shape index (κ2) is 3.86. The molecule has 2 rings (SSSR count). The molecule has 78 valence electrons. The second-order valence-corrected chi connectivity index (χ2v) is 3.84. The molecule has 0 radical (unpaired) electrons. The van der Waals surface area contributed by atoms with Gasteiger partial charge in [-0.15, -0.1) is 0 Å². The number of hydrogen-bond donors (Lipinski definition) is 1. The summed E-state index contributed by atoms with van der Waals surface area (Å²) in [7, 11) is 1.33. The van der Waals surface area contributed by atoms with Crippen molar-refractivity contribution in [3.63, 3.8) is 0 Å². The molecule has 1 heterocycles. The van der Waals surface area contributed by atoms with E-state index >= 15 is 0 Å². The molecule has 0 saturated heterocycles. The average molecular weight is 223 g/mol. The summed E-state index contributed by atoms with van der Waals surface area (Å²) >= 11 is 1.26. The monoisotopic (exact) mass is 223 g/mol. The van der Waals surface area contributed by atoms with Gasteiger partial charge in [0.1, 0.15) is 5.75 Å². The third-order valence-electron chi connectivity index (χ3n) is 2.09. The number of phenolic OH excluding ortho intramolecular Hbond substituents is 1. The molecule has 0 aliphatic rings. The molecule has 1 aromatic heterocycles. The first-order chi connectivity index (χ1) is 7.22. The van der Waals surface area contributed by atoms with E-state index in [1.165, 1.54) is 18.6 Å². The van der Waals surface area contributed by atoms with Crippen molar-refractivity contribution in [3.05, 3.63) is 23.9 Å². The molecule has 0 aliphatic heterocycles. The van der Waals surface area contributed by atoms with Crippen LogP contribution < -0.4 is 0 Å². The predicted molar refractivity (Wildman–Crippen MR) is 57.0 cm³/mol. The number of carbonyl (C=O) groups is 1. The maximum Gasteiger partial charge on any atom is 0.311 e. The van der Waals surface area contributed by atoms with Gasteiger partial charge in [-0.1, -0.05) is 6.07 Å². The molecule has 0 saturated carbocycles. The molecule has 1 N–H and O–H groups in total. The van der Waals surface area contributed by atoms with Crippen molar-refractivity contribution in [2.75, 3.05) is 7.11 Å². The standard InChI is InChI=1S/C10H9NO3S/c1-14-9(13)5-6-10-7(12)3-2-4-8(10)15-11-6/h2-4,12H,5H2,1H3. The molecule has 0 bridgehead atoms. The van der Waals surface area contributed by atoms with Crippen LogP contribution >= 0.6 is 11.5 Å². The number of hydrogen-bond acceptors (Lipinski definition) is 5. The Morgan fingerprint density at radius 3 is 3.13 bits per heavy atom. The smallest absolute Gasteiger partial charge is 0.311 e. The summed E-state index contributed by atoms with van der Waals surface area (Å²) < 4.78 is 9.55. The average Bonchev–Trinajstić information content (AvgIpc) is 2.63. The Morgan fingerprint density at radius 2 is 2.40 bits per heavy atom. The number of benzene rings is 1. The van der Waals surface area contributed by atoms with Crippen LogP contribution in [0.2, 0.25) is 0 Å². The maximum absolute atomic E-state index is 11.1. The van der Waals surface area contributed by atoms with Crippen LogP contribution in [-0.2, 0) is 16.0 Å². The molecular formula is C10H9NO3S. The highest BCUT2D eigenvalue weighted by atomic mass is 32.1. The lowest BCUT2D eigenvalue weighted by Crippen LogP contribution is -2.04. The molecule has 0 amide bonds. The van der Waals surface area contributed by atoms with Gasteiger partial charge in [0.05, 0.1) is 29.3 Å². The highest BCUT2D eigenvalue weighted by Crippen LogP contribution is 2.30. The molecule has 1 aromatic carbocycles. The lowest BCUT2D eigenvalue weighted by Gasteiger charge is -1.98. The Hall–Kier alpha value is -1.62. The van der Waals surface area contributed by atoms with Crippen molar-refractivity contribution in [3.8, 4) is 5.75 Å². The van der Waals surface area contributed by atoms with E-state index in [1.807, 2.05) is 6.07 Å². The van der Waals surface area contributed by atoms with E-state index in [0.717, 1.165) is 4.70 Å². The van der Waals surface area contributed by atoms with Crippen LogP contribution in [0, 0.1) is 0 Å². The Labute approximate surface area is 90.3 Å². The fraction of sp³-hybridized carbons (Fsp3) is 0.200. The van der Waals surface area contributed by atoms with Crippen molar-refractivity contribution < 1.29 is 14.6 Å². The molecule has 15 heavy (non-hydrogen) atoms. The van der Waals surface area contributed by atoms with E-state index < -0.39 is 0 Å². The van der Waals surface area contributed by atoms with Crippen LogP contribution in [0.25, 0.3) is 10.1 Å². The summed E-state index contributed by atoms with van der Waals surface area (Å²) in [6.45, 7) is 0. The van der Waals surface area contributed by atoms with Gasteiger partial charge in [-0.3, -0.25) is 4.79 Å². The lowest BCUT2D eigenvalue weighted by molar-refractivity contribution is -0.139. The fourth-order valence-electron chi connectivity index (χ4n) is 1.37. The van der Waals surface area contributed by atoms with Gasteiger partial charge in [-0.05, 0) is 23.7 Å². The topological polar surface area (TPSA) is 59.4 Å². The number of esters is 1. The van der Waals surface area contributed by atoms with Crippen molar-refractivity contribution in [2.45, 2.75) is 6.42 Å². The Morgan fingerprint density at radius 1 is 1.60 bits per heavy atom. The normalized spacial score (nSPS) is 10.5. The number of carbonyl (C=O) groups excluding carboxylic acids is 1. The fourth-order valence-corrected chi connectivity index (χ4v) is 2.18. The Balaban J connectivity index is 2.48. The Bertz CT molecular complexity index is 506. The van der Waals surface area contributed by atoms with Gasteiger partial charge in [-0.25, -0.2) is 0 Å². The van der Waals surface area contributed by atoms with Gasteiger partial charge in [-0.2, -0.15) is 4.37 Å². The second-order valence-electron chi connectivity index (χ2n) is 3.03. The van der Waals surface area contributed by atoms with E-state index in [4.69, 9.17) is 0 Å². The van der Waals surface area contributed by atoms with Gasteiger partial charge < -0.3 is 9.84 Å². The van der Waals surface area contributed by atoms with E-state index in [9.17, 15) is 9.90 Å². The van der Waals surface area contributed by atoms with E-state index in [0.29, 0.717) is 11.1 Å². The molecule has 0 fully saturated rings. The van der Waals surface area contributed by atoms with Crippen LogP contribution in [0.5, 0.6) is 5.75 Å². The van der Waals surface area contributed by atoms with E-state index in [2.05, 4.69) is 9.11 Å². The van der Waals surface area contributed by atoms with Gasteiger partial charge in [0.2, 0.25) is 0 Å². The summed E-state index contributed by atoms with van der Waals surface area (Å²) in [6, 6.07) is 5.18. The van der Waals surface area contributed by atoms with Crippen LogP contribution in [0.4, 0.5) is 0 Å².